The fraction of sp³-hybridized carbons (Fsp3) is 0.250. The van der Waals surface area contributed by atoms with Gasteiger partial charge in [0.15, 0.2) is 0 Å². The molecule has 1 heterocycles. The first-order valence-electron chi connectivity index (χ1n) is 8.62. The molecule has 6 heteroatoms. The topological polar surface area (TPSA) is 68.3 Å². The number of rotatable bonds is 7. The number of para-hydroxylation sites is 1. The van der Waals surface area contributed by atoms with Crippen molar-refractivity contribution in [3.63, 3.8) is 0 Å². The first kappa shape index (κ1) is 18.1. The molecule has 0 saturated carbocycles. The van der Waals surface area contributed by atoms with Crippen LogP contribution in [0.15, 0.2) is 54.6 Å². The number of nitrogens with one attached hydrogen (secondary N) is 1. The quantitative estimate of drug-likeness (QED) is 0.499. The van der Waals surface area contributed by atoms with E-state index in [-0.39, 0.29) is 5.91 Å². The lowest BCUT2D eigenvalue weighted by Gasteiger charge is -2.05. The molecule has 0 unspecified atom stereocenters. The summed E-state index contributed by atoms with van der Waals surface area (Å²) < 4.78 is 1.21. The van der Waals surface area contributed by atoms with Crippen molar-refractivity contribution in [3.8, 4) is 0 Å². The Bertz CT molecular complexity index is 844. The summed E-state index contributed by atoms with van der Waals surface area (Å²) in [6, 6.07) is 16.7. The molecule has 0 fully saturated rings. The third-order valence-electron chi connectivity index (χ3n) is 3.90. The molecule has 0 bridgehead atoms. The Morgan fingerprint density at radius 3 is 2.54 bits per heavy atom. The van der Waals surface area contributed by atoms with Gasteiger partial charge in [-0.3, -0.25) is 4.79 Å². The van der Waals surface area contributed by atoms with Crippen LogP contribution in [0.2, 0.25) is 0 Å². The van der Waals surface area contributed by atoms with Crippen molar-refractivity contribution >= 4 is 33.4 Å². The summed E-state index contributed by atoms with van der Waals surface area (Å²) in [5, 5.41) is 1.13. The average Bonchev–Trinajstić information content (AvgIpc) is 3.09. The van der Waals surface area contributed by atoms with E-state index in [0.717, 1.165) is 36.2 Å². The minimum Gasteiger partial charge on any atom is -0.335 e. The van der Waals surface area contributed by atoms with Crippen LogP contribution in [0.5, 0.6) is 0 Å². The summed E-state index contributed by atoms with van der Waals surface area (Å²) in [5.74, 6) is -0.843. The molecule has 134 valence electrons. The Balaban J connectivity index is 1.31. The highest BCUT2D eigenvalue weighted by Gasteiger charge is 2.09. The highest BCUT2D eigenvalue weighted by Crippen LogP contribution is 2.22. The Morgan fingerprint density at radius 2 is 1.73 bits per heavy atom. The predicted molar refractivity (Wildman–Crippen MR) is 102 cm³/mol. The van der Waals surface area contributed by atoms with Gasteiger partial charge >= 0.3 is 5.97 Å². The van der Waals surface area contributed by atoms with Gasteiger partial charge in [0.1, 0.15) is 0 Å². The number of hydrogen-bond acceptors (Lipinski definition) is 5. The molecule has 0 aliphatic heterocycles. The molecule has 0 aliphatic rings. The molecule has 5 nitrogen and oxygen atoms in total. The average molecular weight is 368 g/mol. The van der Waals surface area contributed by atoms with E-state index in [2.05, 4.69) is 16.5 Å². The lowest BCUT2D eigenvalue weighted by molar-refractivity contribution is -0.130. The monoisotopic (exact) mass is 368 g/mol. The molecule has 0 atom stereocenters. The number of benzene rings is 2. The number of carbonyl (C=O) groups excluding carboxylic acids is 2. The zero-order chi connectivity index (χ0) is 18.2. The van der Waals surface area contributed by atoms with E-state index in [1.807, 2.05) is 24.3 Å². The highest BCUT2D eigenvalue weighted by atomic mass is 32.1. The summed E-state index contributed by atoms with van der Waals surface area (Å²) in [6.07, 6.45) is 3.92. The summed E-state index contributed by atoms with van der Waals surface area (Å²) in [5.41, 5.74) is 3.66. The number of aryl methyl sites for hydroxylation is 1. The van der Waals surface area contributed by atoms with Gasteiger partial charge in [-0.25, -0.2) is 9.78 Å². The number of amides is 1. The van der Waals surface area contributed by atoms with Crippen LogP contribution in [0, 0.1) is 0 Å². The molecule has 0 radical (unpaired) electrons. The maximum absolute atomic E-state index is 11.7. The van der Waals surface area contributed by atoms with Gasteiger partial charge < -0.3 is 4.84 Å². The van der Waals surface area contributed by atoms with Crippen molar-refractivity contribution in [1.29, 1.82) is 0 Å². The largest absolute Gasteiger partial charge is 0.362 e. The van der Waals surface area contributed by atoms with E-state index >= 15 is 0 Å². The molecule has 1 amide bonds. The molecule has 3 aromatic rings. The highest BCUT2D eigenvalue weighted by molar-refractivity contribution is 7.18. The van der Waals surface area contributed by atoms with E-state index in [4.69, 9.17) is 4.84 Å². The van der Waals surface area contributed by atoms with Crippen molar-refractivity contribution in [3.05, 3.63) is 65.2 Å². The standard InChI is InChI=1S/C20H20N2O3S/c23-18(22-25-20(24)15-9-3-1-4-10-15)13-5-2-6-14-19-21-16-11-7-8-12-17(16)26-19/h1,3-4,7-12H,2,5-6,13-14H2,(H,22,23). The van der Waals surface area contributed by atoms with Crippen LogP contribution in [-0.4, -0.2) is 16.9 Å². The first-order chi connectivity index (χ1) is 12.7. The Hall–Kier alpha value is -2.73. The number of fused-ring (bicyclic) bond motifs is 1. The fourth-order valence-corrected chi connectivity index (χ4v) is 3.56. The zero-order valence-electron chi connectivity index (χ0n) is 14.3. The van der Waals surface area contributed by atoms with Gasteiger partial charge in [0.25, 0.3) is 5.91 Å². The van der Waals surface area contributed by atoms with Crippen LogP contribution in [0.1, 0.15) is 41.0 Å². The maximum Gasteiger partial charge on any atom is 0.362 e. The number of aromatic nitrogens is 1. The third-order valence-corrected chi connectivity index (χ3v) is 5.00. The van der Waals surface area contributed by atoms with Gasteiger partial charge in [0, 0.05) is 6.42 Å². The minimum atomic E-state index is -0.560. The van der Waals surface area contributed by atoms with E-state index in [1.54, 1.807) is 35.6 Å². The second kappa shape index (κ2) is 9.10. The molecule has 1 aromatic heterocycles. The molecular weight excluding hydrogens is 348 g/mol. The summed E-state index contributed by atoms with van der Waals surface area (Å²) >= 11 is 1.72. The van der Waals surface area contributed by atoms with Crippen LogP contribution in [0.25, 0.3) is 10.2 Å². The Labute approximate surface area is 156 Å². The van der Waals surface area contributed by atoms with Gasteiger partial charge in [-0.05, 0) is 43.5 Å². The number of thiazole rings is 1. The Kier molecular flexibility index (Phi) is 6.33. The third kappa shape index (κ3) is 5.13. The van der Waals surface area contributed by atoms with Gasteiger partial charge in [-0.1, -0.05) is 36.8 Å². The number of carbonyl (C=O) groups is 2. The van der Waals surface area contributed by atoms with Gasteiger partial charge in [-0.15, -0.1) is 11.3 Å². The van der Waals surface area contributed by atoms with Crippen molar-refractivity contribution in [2.75, 3.05) is 0 Å². The minimum absolute atomic E-state index is 0.283. The summed E-state index contributed by atoms with van der Waals surface area (Å²) in [7, 11) is 0. The second-order valence-electron chi connectivity index (χ2n) is 5.92. The number of hydroxylamine groups is 1. The molecule has 26 heavy (non-hydrogen) atoms. The van der Waals surface area contributed by atoms with Crippen molar-refractivity contribution < 1.29 is 14.4 Å². The first-order valence-corrected chi connectivity index (χ1v) is 9.43. The van der Waals surface area contributed by atoms with Crippen LogP contribution >= 0.6 is 11.3 Å². The Morgan fingerprint density at radius 1 is 0.962 bits per heavy atom. The maximum atomic E-state index is 11.7. The number of hydrogen-bond donors (Lipinski definition) is 1. The molecule has 0 aliphatic carbocycles. The zero-order valence-corrected chi connectivity index (χ0v) is 15.1. The van der Waals surface area contributed by atoms with Crippen LogP contribution in [0.3, 0.4) is 0 Å². The second-order valence-corrected chi connectivity index (χ2v) is 7.03. The van der Waals surface area contributed by atoms with E-state index < -0.39 is 5.97 Å². The van der Waals surface area contributed by atoms with E-state index in [9.17, 15) is 9.59 Å². The van der Waals surface area contributed by atoms with Crippen molar-refractivity contribution in [2.45, 2.75) is 32.1 Å². The lowest BCUT2D eigenvalue weighted by Crippen LogP contribution is -2.26. The SMILES string of the molecule is O=C(CCCCCc1nc2ccccc2s1)NOC(=O)c1ccccc1. The molecule has 0 saturated heterocycles. The van der Waals surface area contributed by atoms with Crippen molar-refractivity contribution in [2.24, 2.45) is 0 Å². The van der Waals surface area contributed by atoms with E-state index in [0.29, 0.717) is 12.0 Å². The summed E-state index contributed by atoms with van der Waals surface area (Å²) in [4.78, 5) is 32.9. The van der Waals surface area contributed by atoms with Crippen LogP contribution in [0.4, 0.5) is 0 Å². The lowest BCUT2D eigenvalue weighted by atomic mass is 10.1. The van der Waals surface area contributed by atoms with E-state index in [1.165, 1.54) is 4.70 Å². The van der Waals surface area contributed by atoms with Crippen LogP contribution < -0.4 is 5.48 Å². The molecule has 0 spiro atoms. The van der Waals surface area contributed by atoms with Gasteiger partial charge in [-0.2, -0.15) is 5.48 Å². The van der Waals surface area contributed by atoms with Gasteiger partial charge in [0.2, 0.25) is 0 Å². The molecule has 3 rings (SSSR count). The molecular formula is C20H20N2O3S. The fourth-order valence-electron chi connectivity index (χ4n) is 2.55. The number of unbranched alkanes of at least 4 members (excludes halogenated alkanes) is 2. The van der Waals surface area contributed by atoms with Crippen LogP contribution in [-0.2, 0) is 16.1 Å². The van der Waals surface area contributed by atoms with Gasteiger partial charge in [0.05, 0.1) is 20.8 Å². The molecule has 1 N–H and O–H groups in total. The van der Waals surface area contributed by atoms with Crippen molar-refractivity contribution in [1.82, 2.24) is 10.5 Å². The normalized spacial score (nSPS) is 10.6. The predicted octanol–water partition coefficient (Wildman–Crippen LogP) is 4.29. The molecule has 2 aromatic carbocycles. The smallest absolute Gasteiger partial charge is 0.335 e. The summed E-state index contributed by atoms with van der Waals surface area (Å²) in [6.45, 7) is 0. The number of nitrogens with zero attached hydrogens (tertiary/aromatic N) is 1.